The summed E-state index contributed by atoms with van der Waals surface area (Å²) in [4.78, 5) is 31.7. The fourth-order valence-electron chi connectivity index (χ4n) is 4.26. The number of ether oxygens (including phenoxy) is 3. The number of esters is 1. The van der Waals surface area contributed by atoms with Crippen molar-refractivity contribution in [3.05, 3.63) is 88.5 Å². The lowest BCUT2D eigenvalue weighted by Gasteiger charge is -2.24. The van der Waals surface area contributed by atoms with Crippen molar-refractivity contribution >= 4 is 39.3 Å². The molecule has 0 bridgehead atoms. The van der Waals surface area contributed by atoms with Gasteiger partial charge in [-0.15, -0.1) is 0 Å². The predicted octanol–water partition coefficient (Wildman–Crippen LogP) is 4.02. The van der Waals surface area contributed by atoms with Gasteiger partial charge in [-0.2, -0.15) is 0 Å². The molecule has 3 heterocycles. The molecule has 9 heteroatoms. The van der Waals surface area contributed by atoms with E-state index in [-0.39, 0.29) is 12.4 Å². The monoisotopic (exact) mass is 554 g/mol. The summed E-state index contributed by atoms with van der Waals surface area (Å²) >= 11 is 4.83. The van der Waals surface area contributed by atoms with Crippen LogP contribution in [0.25, 0.3) is 6.08 Å². The average molecular weight is 555 g/mol. The van der Waals surface area contributed by atoms with Crippen LogP contribution in [0.5, 0.6) is 11.5 Å². The Morgan fingerprint density at radius 3 is 2.57 bits per heavy atom. The number of hydrogen-bond acceptors (Lipinski definition) is 7. The zero-order chi connectivity index (χ0) is 24.9. The largest absolute Gasteiger partial charge is 0.466 e. The van der Waals surface area contributed by atoms with Gasteiger partial charge < -0.3 is 14.2 Å². The number of benzene rings is 2. The van der Waals surface area contributed by atoms with Gasteiger partial charge in [-0.05, 0) is 47.7 Å². The Morgan fingerprint density at radius 2 is 1.91 bits per heavy atom. The predicted molar refractivity (Wildman–Crippen MR) is 137 cm³/mol. The van der Waals surface area contributed by atoms with Crippen LogP contribution in [0.2, 0.25) is 0 Å². The Hall–Kier alpha value is -3.17. The molecule has 1 aromatic heterocycles. The number of carbonyl (C=O) groups is 1. The first-order valence-corrected chi connectivity index (χ1v) is 12.7. The zero-order valence-electron chi connectivity index (χ0n) is 19.6. The SMILES string of the molecule is COC(=O)C1=C(C)N=c2sc(=Cc3cc4c(cc3Br)OCO4)c(=O)n2[C@H]1c1ccc(C(C)C)cc1. The molecule has 0 saturated heterocycles. The highest BCUT2D eigenvalue weighted by Crippen LogP contribution is 2.37. The summed E-state index contributed by atoms with van der Waals surface area (Å²) < 4.78 is 18.9. The van der Waals surface area contributed by atoms with E-state index in [2.05, 4.69) is 34.8 Å². The van der Waals surface area contributed by atoms with Crippen molar-refractivity contribution < 1.29 is 19.0 Å². The molecule has 0 fully saturated rings. The second kappa shape index (κ2) is 9.13. The molecule has 0 aliphatic carbocycles. The Bertz CT molecular complexity index is 1550. The summed E-state index contributed by atoms with van der Waals surface area (Å²) in [6, 6.07) is 11.0. The molecule has 35 heavy (non-hydrogen) atoms. The van der Waals surface area contributed by atoms with Crippen LogP contribution in [0.1, 0.15) is 49.4 Å². The van der Waals surface area contributed by atoms with Gasteiger partial charge in [0.15, 0.2) is 16.3 Å². The van der Waals surface area contributed by atoms with Crippen LogP contribution in [-0.2, 0) is 9.53 Å². The third-order valence-corrected chi connectivity index (χ3v) is 7.79. The molecule has 2 aliphatic heterocycles. The van der Waals surface area contributed by atoms with Gasteiger partial charge in [-0.1, -0.05) is 65.4 Å². The van der Waals surface area contributed by atoms with Crippen molar-refractivity contribution in [3.8, 4) is 11.5 Å². The van der Waals surface area contributed by atoms with E-state index in [1.54, 1.807) is 17.6 Å². The maximum atomic E-state index is 13.7. The van der Waals surface area contributed by atoms with Crippen molar-refractivity contribution in [1.82, 2.24) is 4.57 Å². The maximum Gasteiger partial charge on any atom is 0.338 e. The van der Waals surface area contributed by atoms with Crippen LogP contribution in [0.3, 0.4) is 0 Å². The number of nitrogens with zero attached hydrogens (tertiary/aromatic N) is 2. The number of hydrogen-bond donors (Lipinski definition) is 0. The zero-order valence-corrected chi connectivity index (χ0v) is 22.0. The van der Waals surface area contributed by atoms with E-state index < -0.39 is 12.0 Å². The topological polar surface area (TPSA) is 79.1 Å². The normalized spacial score (nSPS) is 17.0. The molecule has 0 unspecified atom stereocenters. The minimum atomic E-state index is -0.637. The lowest BCUT2D eigenvalue weighted by Crippen LogP contribution is -2.39. The van der Waals surface area contributed by atoms with E-state index in [9.17, 15) is 9.59 Å². The number of methoxy groups -OCH3 is 1. The first-order chi connectivity index (χ1) is 16.8. The summed E-state index contributed by atoms with van der Waals surface area (Å²) in [5.41, 5.74) is 3.43. The molecule has 1 atom stereocenters. The van der Waals surface area contributed by atoms with E-state index in [4.69, 9.17) is 14.2 Å². The summed E-state index contributed by atoms with van der Waals surface area (Å²) in [6.45, 7) is 6.18. The number of rotatable bonds is 4. The maximum absolute atomic E-state index is 13.7. The molecule has 0 radical (unpaired) electrons. The first kappa shape index (κ1) is 23.6. The highest BCUT2D eigenvalue weighted by atomic mass is 79.9. The summed E-state index contributed by atoms with van der Waals surface area (Å²) in [5.74, 6) is 1.14. The van der Waals surface area contributed by atoms with Crippen molar-refractivity contribution in [2.24, 2.45) is 4.99 Å². The lowest BCUT2D eigenvalue weighted by atomic mass is 9.93. The standard InChI is InChI=1S/C26H23BrN2O5S/c1-13(2)15-5-7-16(8-6-15)23-22(25(31)32-4)14(3)28-26-29(23)24(30)21(35-26)10-17-9-19-20(11-18(17)27)34-12-33-19/h5-11,13,23H,12H2,1-4H3/t23-/m0/s1. The molecule has 0 spiro atoms. The average Bonchev–Trinajstić information content (AvgIpc) is 3.41. The quantitative estimate of drug-likeness (QED) is 0.455. The molecule has 0 amide bonds. The Kier molecular flexibility index (Phi) is 6.14. The number of allylic oxidation sites excluding steroid dienone is 1. The summed E-state index contributed by atoms with van der Waals surface area (Å²) in [5, 5.41) is 0. The molecule has 2 aliphatic rings. The van der Waals surface area contributed by atoms with E-state index in [1.807, 2.05) is 36.4 Å². The number of carbonyl (C=O) groups excluding carboxylic acids is 1. The van der Waals surface area contributed by atoms with Crippen LogP contribution in [0.4, 0.5) is 0 Å². The molecular weight excluding hydrogens is 532 g/mol. The van der Waals surface area contributed by atoms with Crippen molar-refractivity contribution in [1.29, 1.82) is 0 Å². The molecule has 5 rings (SSSR count). The molecule has 7 nitrogen and oxygen atoms in total. The van der Waals surface area contributed by atoms with Gasteiger partial charge in [-0.3, -0.25) is 9.36 Å². The lowest BCUT2D eigenvalue weighted by molar-refractivity contribution is -0.136. The molecule has 3 aromatic rings. The molecular formula is C26H23BrN2O5S. The molecule has 2 aromatic carbocycles. The van der Waals surface area contributed by atoms with Crippen LogP contribution < -0.4 is 24.4 Å². The fraction of sp³-hybridized carbons (Fsp3) is 0.269. The van der Waals surface area contributed by atoms with Crippen LogP contribution in [-0.4, -0.2) is 24.4 Å². The van der Waals surface area contributed by atoms with E-state index in [0.29, 0.717) is 38.0 Å². The van der Waals surface area contributed by atoms with Gasteiger partial charge in [-0.25, -0.2) is 9.79 Å². The van der Waals surface area contributed by atoms with Crippen molar-refractivity contribution in [2.45, 2.75) is 32.7 Å². The third kappa shape index (κ3) is 4.12. The fourth-order valence-corrected chi connectivity index (χ4v) is 5.73. The minimum absolute atomic E-state index is 0.165. The van der Waals surface area contributed by atoms with Gasteiger partial charge in [0, 0.05) is 4.47 Å². The molecule has 0 N–H and O–H groups in total. The Labute approximate surface area is 214 Å². The van der Waals surface area contributed by atoms with E-state index in [1.165, 1.54) is 24.0 Å². The minimum Gasteiger partial charge on any atom is -0.466 e. The van der Waals surface area contributed by atoms with Gasteiger partial charge in [0.05, 0.1) is 29.0 Å². The number of aromatic nitrogens is 1. The number of fused-ring (bicyclic) bond motifs is 2. The molecule has 0 saturated carbocycles. The highest BCUT2D eigenvalue weighted by molar-refractivity contribution is 9.10. The molecule has 180 valence electrons. The van der Waals surface area contributed by atoms with Crippen molar-refractivity contribution in [3.63, 3.8) is 0 Å². The van der Waals surface area contributed by atoms with Crippen LogP contribution in [0.15, 0.2) is 61.9 Å². The van der Waals surface area contributed by atoms with Crippen LogP contribution in [0, 0.1) is 0 Å². The Balaban J connectivity index is 1.70. The second-order valence-electron chi connectivity index (χ2n) is 8.62. The number of thiazole rings is 1. The van der Waals surface area contributed by atoms with Crippen LogP contribution >= 0.6 is 27.3 Å². The van der Waals surface area contributed by atoms with E-state index >= 15 is 0 Å². The van der Waals surface area contributed by atoms with Gasteiger partial charge in [0.25, 0.3) is 5.56 Å². The third-order valence-electron chi connectivity index (χ3n) is 6.12. The second-order valence-corrected chi connectivity index (χ2v) is 10.5. The first-order valence-electron chi connectivity index (χ1n) is 11.1. The van der Waals surface area contributed by atoms with Gasteiger partial charge >= 0.3 is 5.97 Å². The van der Waals surface area contributed by atoms with Gasteiger partial charge in [0.2, 0.25) is 6.79 Å². The smallest absolute Gasteiger partial charge is 0.338 e. The van der Waals surface area contributed by atoms with E-state index in [0.717, 1.165) is 15.6 Å². The highest BCUT2D eigenvalue weighted by Gasteiger charge is 2.33. The van der Waals surface area contributed by atoms with Crippen molar-refractivity contribution in [2.75, 3.05) is 13.9 Å². The Morgan fingerprint density at radius 1 is 1.23 bits per heavy atom. The number of halogens is 1. The summed E-state index contributed by atoms with van der Waals surface area (Å²) in [7, 11) is 1.34. The summed E-state index contributed by atoms with van der Waals surface area (Å²) in [6.07, 6.45) is 1.80. The van der Waals surface area contributed by atoms with Gasteiger partial charge in [0.1, 0.15) is 0 Å².